The van der Waals surface area contributed by atoms with Gasteiger partial charge < -0.3 is 5.32 Å². The third kappa shape index (κ3) is 1.99. The van der Waals surface area contributed by atoms with Crippen molar-refractivity contribution in [2.45, 2.75) is 5.25 Å². The van der Waals surface area contributed by atoms with Gasteiger partial charge in [-0.1, -0.05) is 54.6 Å². The van der Waals surface area contributed by atoms with E-state index in [4.69, 9.17) is 0 Å². The zero-order valence-electron chi connectivity index (χ0n) is 11.7. The molecule has 0 saturated heterocycles. The number of thioether (sulfide) groups is 1. The van der Waals surface area contributed by atoms with Gasteiger partial charge in [-0.2, -0.15) is 0 Å². The molecule has 1 heterocycles. The van der Waals surface area contributed by atoms with E-state index in [1.54, 1.807) is 24.3 Å². The largest absolute Gasteiger partial charge is 0.379 e. The van der Waals surface area contributed by atoms with Crippen molar-refractivity contribution in [2.24, 2.45) is 0 Å². The molecule has 1 aliphatic heterocycles. The molecule has 4 rings (SSSR count). The number of fused-ring (bicyclic) bond motifs is 1. The van der Waals surface area contributed by atoms with Crippen molar-refractivity contribution < 1.29 is 9.59 Å². The first-order valence-corrected chi connectivity index (χ1v) is 8.02. The number of hydrogen-bond acceptors (Lipinski definition) is 4. The monoisotopic (exact) mass is 307 g/mol. The molecule has 22 heavy (non-hydrogen) atoms. The van der Waals surface area contributed by atoms with Gasteiger partial charge in [-0.25, -0.2) is 0 Å². The number of hydrogen-bond donors (Lipinski definition) is 1. The Hall–Kier alpha value is -2.33. The van der Waals surface area contributed by atoms with E-state index in [9.17, 15) is 9.59 Å². The number of Topliss-reactive ketones (excluding diaryl/α,β-unsaturated/α-hetero) is 2. The molecule has 108 valence electrons. The summed E-state index contributed by atoms with van der Waals surface area (Å²) in [7, 11) is 0. The third-order valence-electron chi connectivity index (χ3n) is 3.97. The highest BCUT2D eigenvalue weighted by Crippen LogP contribution is 2.42. The lowest BCUT2D eigenvalue weighted by molar-refractivity contribution is 0.0974. The summed E-state index contributed by atoms with van der Waals surface area (Å²) in [6.45, 7) is 0.648. The number of rotatable bonds is 1. The molecular weight excluding hydrogens is 294 g/mol. The minimum Gasteiger partial charge on any atom is -0.379 e. The molecule has 1 atom stereocenters. The van der Waals surface area contributed by atoms with Gasteiger partial charge in [0.1, 0.15) is 5.70 Å². The maximum Gasteiger partial charge on any atom is 0.210 e. The van der Waals surface area contributed by atoms with Crippen molar-refractivity contribution in [3.05, 3.63) is 81.9 Å². The fourth-order valence-electron chi connectivity index (χ4n) is 2.86. The fraction of sp³-hybridized carbons (Fsp3) is 0.111. The molecule has 0 fully saturated rings. The van der Waals surface area contributed by atoms with E-state index in [0.29, 0.717) is 28.3 Å². The molecular formula is C18H13NO2S. The first-order valence-electron chi connectivity index (χ1n) is 7.14. The van der Waals surface area contributed by atoms with Crippen molar-refractivity contribution in [1.82, 2.24) is 5.32 Å². The number of ketones is 2. The Morgan fingerprint density at radius 3 is 2.23 bits per heavy atom. The predicted octanol–water partition coefficient (Wildman–Crippen LogP) is 3.35. The number of carbonyl (C=O) groups excluding carboxylic acids is 2. The van der Waals surface area contributed by atoms with Crippen LogP contribution in [0.4, 0.5) is 0 Å². The summed E-state index contributed by atoms with van der Waals surface area (Å²) in [5.74, 6) is -0.132. The predicted molar refractivity (Wildman–Crippen MR) is 86.9 cm³/mol. The van der Waals surface area contributed by atoms with Gasteiger partial charge in [0.15, 0.2) is 0 Å². The van der Waals surface area contributed by atoms with Gasteiger partial charge in [-0.15, -0.1) is 11.8 Å². The average molecular weight is 307 g/mol. The Morgan fingerprint density at radius 2 is 1.50 bits per heavy atom. The highest BCUT2D eigenvalue weighted by atomic mass is 32.2. The van der Waals surface area contributed by atoms with Crippen molar-refractivity contribution in [2.75, 3.05) is 6.54 Å². The van der Waals surface area contributed by atoms with Gasteiger partial charge in [-0.3, -0.25) is 9.59 Å². The van der Waals surface area contributed by atoms with Crippen molar-refractivity contribution in [3.8, 4) is 0 Å². The van der Waals surface area contributed by atoms with E-state index >= 15 is 0 Å². The third-order valence-corrected chi connectivity index (χ3v) is 5.32. The van der Waals surface area contributed by atoms with Crippen molar-refractivity contribution >= 4 is 23.3 Å². The second-order valence-corrected chi connectivity index (χ2v) is 6.52. The molecule has 0 saturated carbocycles. The summed E-state index contributed by atoms with van der Waals surface area (Å²) >= 11 is 1.49. The number of benzene rings is 2. The van der Waals surface area contributed by atoms with E-state index in [1.807, 2.05) is 30.3 Å². The van der Waals surface area contributed by atoms with Crippen LogP contribution in [0.1, 0.15) is 31.5 Å². The zero-order valence-corrected chi connectivity index (χ0v) is 12.5. The fourth-order valence-corrected chi connectivity index (χ4v) is 4.10. The number of nitrogens with one attached hydrogen (secondary N) is 1. The molecule has 2 aromatic rings. The SMILES string of the molecule is O=C1C2=C(SC(c3ccccc3)CN2)C(=O)c2ccccc21. The van der Waals surface area contributed by atoms with E-state index < -0.39 is 0 Å². The Bertz CT molecular complexity index is 811. The molecule has 1 N–H and O–H groups in total. The highest BCUT2D eigenvalue weighted by Gasteiger charge is 2.36. The summed E-state index contributed by atoms with van der Waals surface area (Å²) in [6, 6.07) is 17.1. The molecule has 0 bridgehead atoms. The van der Waals surface area contributed by atoms with E-state index in [2.05, 4.69) is 5.32 Å². The normalized spacial score (nSPS) is 20.3. The van der Waals surface area contributed by atoms with Gasteiger partial charge >= 0.3 is 0 Å². The Labute approximate surface area is 132 Å². The molecule has 2 aliphatic rings. The van der Waals surface area contributed by atoms with Crippen LogP contribution < -0.4 is 5.32 Å². The molecule has 0 radical (unpaired) electrons. The average Bonchev–Trinajstić information content (AvgIpc) is 2.60. The first-order chi connectivity index (χ1) is 10.8. The lowest BCUT2D eigenvalue weighted by Crippen LogP contribution is -2.35. The molecule has 0 spiro atoms. The molecule has 1 aliphatic carbocycles. The second-order valence-electron chi connectivity index (χ2n) is 5.31. The quantitative estimate of drug-likeness (QED) is 0.877. The van der Waals surface area contributed by atoms with Crippen LogP contribution in [0.25, 0.3) is 0 Å². The van der Waals surface area contributed by atoms with Crippen LogP contribution in [0.2, 0.25) is 0 Å². The Balaban J connectivity index is 1.74. The smallest absolute Gasteiger partial charge is 0.210 e. The first kappa shape index (κ1) is 13.3. The van der Waals surface area contributed by atoms with Crippen LogP contribution in [0.15, 0.2) is 65.2 Å². The maximum absolute atomic E-state index is 12.7. The van der Waals surface area contributed by atoms with Crippen LogP contribution in [0, 0.1) is 0 Å². The summed E-state index contributed by atoms with van der Waals surface area (Å²) in [4.78, 5) is 25.8. The minimum atomic E-state index is -0.0794. The van der Waals surface area contributed by atoms with E-state index in [1.165, 1.54) is 11.8 Å². The topological polar surface area (TPSA) is 46.2 Å². The number of allylic oxidation sites excluding steroid dienone is 2. The molecule has 1 unspecified atom stereocenters. The number of carbonyl (C=O) groups is 2. The summed E-state index contributed by atoms with van der Waals surface area (Å²) in [5, 5.41) is 3.32. The minimum absolute atomic E-state index is 0.0525. The second kappa shape index (κ2) is 5.14. The van der Waals surface area contributed by atoms with Gasteiger partial charge in [0, 0.05) is 17.7 Å². The molecule has 4 heteroatoms. The molecule has 2 aromatic carbocycles. The van der Waals surface area contributed by atoms with E-state index in [0.717, 1.165) is 5.56 Å². The Kier molecular flexibility index (Phi) is 3.12. The van der Waals surface area contributed by atoms with Crippen molar-refractivity contribution in [1.29, 1.82) is 0 Å². The van der Waals surface area contributed by atoms with Crippen molar-refractivity contribution in [3.63, 3.8) is 0 Å². The lowest BCUT2D eigenvalue weighted by atomic mass is 9.92. The molecule has 0 amide bonds. The lowest BCUT2D eigenvalue weighted by Gasteiger charge is -2.30. The summed E-state index contributed by atoms with van der Waals surface area (Å²) < 4.78 is 0. The van der Waals surface area contributed by atoms with Crippen LogP contribution in [0.5, 0.6) is 0 Å². The summed E-state index contributed by atoms with van der Waals surface area (Å²) in [6.07, 6.45) is 0. The highest BCUT2D eigenvalue weighted by molar-refractivity contribution is 8.04. The Morgan fingerprint density at radius 1 is 0.864 bits per heavy atom. The molecule has 3 nitrogen and oxygen atoms in total. The van der Waals surface area contributed by atoms with Crippen LogP contribution in [0.3, 0.4) is 0 Å². The maximum atomic E-state index is 12.7. The zero-order chi connectivity index (χ0) is 15.1. The van der Waals surface area contributed by atoms with Crippen LogP contribution in [-0.4, -0.2) is 18.1 Å². The van der Waals surface area contributed by atoms with Gasteiger partial charge in [-0.05, 0) is 5.56 Å². The van der Waals surface area contributed by atoms with Gasteiger partial charge in [0.05, 0.1) is 10.2 Å². The van der Waals surface area contributed by atoms with Crippen LogP contribution in [-0.2, 0) is 0 Å². The van der Waals surface area contributed by atoms with E-state index in [-0.39, 0.29) is 16.8 Å². The summed E-state index contributed by atoms with van der Waals surface area (Å²) in [5.41, 5.74) is 2.62. The standard InChI is InChI=1S/C18H13NO2S/c20-16-12-8-4-5-9-13(12)17(21)18-15(16)19-10-14(22-18)11-6-2-1-3-7-11/h1-9,14,19H,10H2. The van der Waals surface area contributed by atoms with Crippen LogP contribution >= 0.6 is 11.8 Å². The molecule has 0 aromatic heterocycles. The van der Waals surface area contributed by atoms with Gasteiger partial charge in [0.25, 0.3) is 0 Å². The van der Waals surface area contributed by atoms with Gasteiger partial charge in [0.2, 0.25) is 11.6 Å².